The van der Waals surface area contributed by atoms with Gasteiger partial charge in [-0.25, -0.2) is 8.42 Å². The van der Waals surface area contributed by atoms with Gasteiger partial charge in [0.2, 0.25) is 15.9 Å². The number of fused-ring (bicyclic) bond motifs is 1. The summed E-state index contributed by atoms with van der Waals surface area (Å²) in [5.41, 5.74) is 0.843. The third-order valence-electron chi connectivity index (χ3n) is 4.74. The molecule has 1 aliphatic rings. The molecule has 0 aromatic heterocycles. The molecule has 1 heterocycles. The third kappa shape index (κ3) is 3.98. The molecule has 2 N–H and O–H groups in total. The lowest BCUT2D eigenvalue weighted by Gasteiger charge is -2.26. The molecule has 0 spiro atoms. The summed E-state index contributed by atoms with van der Waals surface area (Å²) in [6.07, 6.45) is 0. The van der Waals surface area contributed by atoms with E-state index in [1.807, 2.05) is 36.4 Å². The number of amides is 2. The number of anilines is 1. The second kappa shape index (κ2) is 7.65. The molecule has 4 rings (SSSR count). The number of nitrogens with one attached hydrogen (secondary N) is 2. The Kier molecular flexibility index (Phi) is 5.04. The fourth-order valence-electron chi connectivity index (χ4n) is 3.24. The van der Waals surface area contributed by atoms with E-state index >= 15 is 0 Å². The minimum absolute atomic E-state index is 0.0154. The number of rotatable bonds is 4. The lowest BCUT2D eigenvalue weighted by Crippen LogP contribution is -2.49. The van der Waals surface area contributed by atoms with Crippen LogP contribution in [-0.4, -0.2) is 44.2 Å². The van der Waals surface area contributed by atoms with Crippen molar-refractivity contribution in [2.75, 3.05) is 25.0 Å². The highest BCUT2D eigenvalue weighted by Gasteiger charge is 2.29. The van der Waals surface area contributed by atoms with Gasteiger partial charge in [0.15, 0.2) is 0 Å². The van der Waals surface area contributed by atoms with Gasteiger partial charge in [0.1, 0.15) is 0 Å². The lowest BCUT2D eigenvalue weighted by atomic mass is 10.1. The molecule has 8 heteroatoms. The first-order chi connectivity index (χ1) is 13.9. The van der Waals surface area contributed by atoms with E-state index in [-0.39, 0.29) is 36.0 Å². The zero-order valence-electron chi connectivity index (χ0n) is 15.5. The molecule has 148 valence electrons. The van der Waals surface area contributed by atoms with Gasteiger partial charge in [-0.1, -0.05) is 36.4 Å². The van der Waals surface area contributed by atoms with Gasteiger partial charge in [-0.15, -0.1) is 0 Å². The number of piperazine rings is 1. The summed E-state index contributed by atoms with van der Waals surface area (Å²) in [6, 6.07) is 19.2. The van der Waals surface area contributed by atoms with E-state index in [1.165, 1.54) is 18.2 Å². The SMILES string of the molecule is O=C1CN(S(=O)(=O)c2cccc(C(=O)Nc3ccc4ccccc4c3)c2)CCN1. The molecule has 1 saturated heterocycles. The van der Waals surface area contributed by atoms with Crippen LogP contribution in [0.1, 0.15) is 10.4 Å². The summed E-state index contributed by atoms with van der Waals surface area (Å²) >= 11 is 0. The van der Waals surface area contributed by atoms with Gasteiger partial charge in [0.25, 0.3) is 5.91 Å². The van der Waals surface area contributed by atoms with E-state index in [4.69, 9.17) is 0 Å². The Labute approximate surface area is 168 Å². The lowest BCUT2D eigenvalue weighted by molar-refractivity contribution is -0.122. The van der Waals surface area contributed by atoms with E-state index in [2.05, 4.69) is 10.6 Å². The molecule has 1 aliphatic heterocycles. The van der Waals surface area contributed by atoms with E-state index in [0.717, 1.165) is 15.1 Å². The zero-order valence-corrected chi connectivity index (χ0v) is 16.3. The molecular weight excluding hydrogens is 390 g/mol. The molecule has 0 radical (unpaired) electrons. The largest absolute Gasteiger partial charge is 0.354 e. The average Bonchev–Trinajstić information content (AvgIpc) is 2.74. The van der Waals surface area contributed by atoms with Crippen molar-refractivity contribution in [1.29, 1.82) is 0 Å². The minimum atomic E-state index is -3.86. The van der Waals surface area contributed by atoms with Crippen molar-refractivity contribution in [3.63, 3.8) is 0 Å². The number of sulfonamides is 1. The molecule has 0 saturated carbocycles. The van der Waals surface area contributed by atoms with E-state index in [0.29, 0.717) is 5.69 Å². The number of hydrogen-bond donors (Lipinski definition) is 2. The highest BCUT2D eigenvalue weighted by atomic mass is 32.2. The van der Waals surface area contributed by atoms with Crippen LogP contribution in [0, 0.1) is 0 Å². The van der Waals surface area contributed by atoms with Crippen molar-refractivity contribution >= 4 is 38.3 Å². The molecule has 0 bridgehead atoms. The molecule has 3 aromatic carbocycles. The molecule has 7 nitrogen and oxygen atoms in total. The van der Waals surface area contributed by atoms with Crippen LogP contribution < -0.4 is 10.6 Å². The van der Waals surface area contributed by atoms with Gasteiger partial charge in [0.05, 0.1) is 11.4 Å². The fraction of sp³-hybridized carbons (Fsp3) is 0.143. The van der Waals surface area contributed by atoms with E-state index in [9.17, 15) is 18.0 Å². The predicted octanol–water partition coefficient (Wildman–Crippen LogP) is 2.21. The number of hydrogen-bond acceptors (Lipinski definition) is 4. The van der Waals surface area contributed by atoms with Gasteiger partial charge in [-0.2, -0.15) is 4.31 Å². The van der Waals surface area contributed by atoms with Crippen molar-refractivity contribution in [2.24, 2.45) is 0 Å². The number of nitrogens with zero attached hydrogens (tertiary/aromatic N) is 1. The van der Waals surface area contributed by atoms with Gasteiger partial charge in [-0.3, -0.25) is 9.59 Å². The minimum Gasteiger partial charge on any atom is -0.354 e. The zero-order chi connectivity index (χ0) is 20.4. The van der Waals surface area contributed by atoms with E-state index < -0.39 is 15.9 Å². The third-order valence-corrected chi connectivity index (χ3v) is 6.59. The molecule has 29 heavy (non-hydrogen) atoms. The van der Waals surface area contributed by atoms with Gasteiger partial charge < -0.3 is 10.6 Å². The van der Waals surface area contributed by atoms with Crippen LogP contribution in [0.15, 0.2) is 71.6 Å². The smallest absolute Gasteiger partial charge is 0.255 e. The van der Waals surface area contributed by atoms with E-state index in [1.54, 1.807) is 12.1 Å². The molecule has 0 atom stereocenters. The Morgan fingerprint density at radius 3 is 2.55 bits per heavy atom. The summed E-state index contributed by atoms with van der Waals surface area (Å²) in [7, 11) is -3.86. The number of benzene rings is 3. The van der Waals surface area contributed by atoms with Crippen LogP contribution in [0.2, 0.25) is 0 Å². The predicted molar refractivity (Wildman–Crippen MR) is 110 cm³/mol. The molecule has 0 aliphatic carbocycles. The monoisotopic (exact) mass is 409 g/mol. The Morgan fingerprint density at radius 1 is 0.966 bits per heavy atom. The first-order valence-electron chi connectivity index (χ1n) is 9.10. The van der Waals surface area contributed by atoms with Crippen LogP contribution in [0.3, 0.4) is 0 Å². The number of carbonyl (C=O) groups excluding carboxylic acids is 2. The maximum Gasteiger partial charge on any atom is 0.255 e. The van der Waals surface area contributed by atoms with Gasteiger partial charge in [-0.05, 0) is 41.1 Å². The molecule has 1 fully saturated rings. The fourth-order valence-corrected chi connectivity index (χ4v) is 4.68. The standard InChI is InChI=1S/C21H19N3O4S/c25-20-14-24(11-10-22-20)29(27,28)19-7-3-6-17(13-19)21(26)23-18-9-8-15-4-1-2-5-16(15)12-18/h1-9,12-13H,10-11,14H2,(H,22,25)(H,23,26). The molecule has 2 amide bonds. The van der Waals surface area contributed by atoms with Crippen molar-refractivity contribution in [3.8, 4) is 0 Å². The molecule has 3 aromatic rings. The van der Waals surface area contributed by atoms with Crippen molar-refractivity contribution in [3.05, 3.63) is 72.3 Å². The van der Waals surface area contributed by atoms with Crippen molar-refractivity contribution in [1.82, 2.24) is 9.62 Å². The summed E-state index contributed by atoms with van der Waals surface area (Å²) in [6.45, 7) is 0.234. The summed E-state index contributed by atoms with van der Waals surface area (Å²) < 4.78 is 26.8. The summed E-state index contributed by atoms with van der Waals surface area (Å²) in [4.78, 5) is 24.2. The second-order valence-electron chi connectivity index (χ2n) is 6.73. The van der Waals surface area contributed by atoms with Crippen LogP contribution >= 0.6 is 0 Å². The quantitative estimate of drug-likeness (QED) is 0.691. The van der Waals surface area contributed by atoms with Crippen molar-refractivity contribution in [2.45, 2.75) is 4.90 Å². The maximum absolute atomic E-state index is 12.8. The van der Waals surface area contributed by atoms with Gasteiger partial charge >= 0.3 is 0 Å². The molecular formula is C21H19N3O4S. The Bertz CT molecular complexity index is 1210. The average molecular weight is 409 g/mol. The highest BCUT2D eigenvalue weighted by molar-refractivity contribution is 7.89. The normalized spacial score (nSPS) is 15.1. The maximum atomic E-state index is 12.8. The van der Waals surface area contributed by atoms with Crippen LogP contribution in [0.25, 0.3) is 10.8 Å². The van der Waals surface area contributed by atoms with Crippen LogP contribution in [0.4, 0.5) is 5.69 Å². The summed E-state index contributed by atoms with van der Waals surface area (Å²) in [5, 5.41) is 7.45. The van der Waals surface area contributed by atoms with Crippen molar-refractivity contribution < 1.29 is 18.0 Å². The highest BCUT2D eigenvalue weighted by Crippen LogP contribution is 2.21. The topological polar surface area (TPSA) is 95.6 Å². The Hall–Kier alpha value is -3.23. The van der Waals surface area contributed by atoms with Crippen LogP contribution in [0.5, 0.6) is 0 Å². The van der Waals surface area contributed by atoms with Crippen LogP contribution in [-0.2, 0) is 14.8 Å². The summed E-state index contributed by atoms with van der Waals surface area (Å²) in [5.74, 6) is -0.751. The second-order valence-corrected chi connectivity index (χ2v) is 8.67. The first-order valence-corrected chi connectivity index (χ1v) is 10.5. The molecule has 0 unspecified atom stereocenters. The Balaban J connectivity index is 1.57. The first kappa shape index (κ1) is 19.1. The van der Waals surface area contributed by atoms with Gasteiger partial charge in [0, 0.05) is 24.3 Å². The number of carbonyl (C=O) groups is 2. The Morgan fingerprint density at radius 2 is 1.76 bits per heavy atom.